The third kappa shape index (κ3) is 2.92. The van der Waals surface area contributed by atoms with Crippen molar-refractivity contribution in [2.45, 2.75) is 6.42 Å². The molecule has 3 rings (SSSR count). The van der Waals surface area contributed by atoms with E-state index in [1.807, 2.05) is 6.07 Å². The first kappa shape index (κ1) is 14.8. The van der Waals surface area contributed by atoms with E-state index in [1.165, 1.54) is 0 Å². The van der Waals surface area contributed by atoms with Crippen LogP contribution in [-0.2, 0) is 11.2 Å². The number of carbonyl (C=O) groups is 2. The van der Waals surface area contributed by atoms with E-state index in [2.05, 4.69) is 0 Å². The molecule has 0 saturated heterocycles. The minimum Gasteiger partial charge on any atom is -0.485 e. The molecule has 0 unspecified atom stereocenters. The van der Waals surface area contributed by atoms with Crippen molar-refractivity contribution in [3.8, 4) is 11.8 Å². The molecule has 0 spiro atoms. The highest BCUT2D eigenvalue weighted by Crippen LogP contribution is 2.28. The zero-order valence-corrected chi connectivity index (χ0v) is 12.6. The third-order valence-corrected chi connectivity index (χ3v) is 3.81. The molecule has 0 aliphatic carbocycles. The van der Waals surface area contributed by atoms with Crippen LogP contribution in [0.2, 0.25) is 0 Å². The summed E-state index contributed by atoms with van der Waals surface area (Å²) >= 11 is 0. The van der Waals surface area contributed by atoms with Crippen molar-refractivity contribution in [3.05, 3.63) is 59.2 Å². The van der Waals surface area contributed by atoms with Crippen LogP contribution in [0.4, 0.5) is 5.69 Å². The maximum absolute atomic E-state index is 12.2. The summed E-state index contributed by atoms with van der Waals surface area (Å²) in [4.78, 5) is 25.5. The number of hydrogen-bond donors (Lipinski definition) is 0. The van der Waals surface area contributed by atoms with Gasteiger partial charge in [-0.25, -0.2) is 0 Å². The van der Waals surface area contributed by atoms with Crippen molar-refractivity contribution < 1.29 is 14.3 Å². The van der Waals surface area contributed by atoms with Crippen LogP contribution in [0.3, 0.4) is 0 Å². The second-order valence-electron chi connectivity index (χ2n) is 5.32. The average molecular weight is 306 g/mol. The molecule has 0 bridgehead atoms. The standard InChI is InChI=1S/C18H14N2O3/c1-20-16-6-5-13(8-14(16)9-18(20)22)17(21)11-23-15-4-2-3-12(7-15)10-19/h2-8H,9,11H2,1H3. The molecule has 1 heterocycles. The summed E-state index contributed by atoms with van der Waals surface area (Å²) in [5, 5.41) is 8.85. The molecule has 2 aromatic carbocycles. The number of fused-ring (bicyclic) bond motifs is 1. The molecule has 0 aromatic heterocycles. The first-order chi connectivity index (χ1) is 11.1. The van der Waals surface area contributed by atoms with Gasteiger partial charge in [0.15, 0.2) is 12.4 Å². The third-order valence-electron chi connectivity index (χ3n) is 3.81. The Morgan fingerprint density at radius 1 is 1.30 bits per heavy atom. The highest BCUT2D eigenvalue weighted by atomic mass is 16.5. The second kappa shape index (κ2) is 5.93. The first-order valence-electron chi connectivity index (χ1n) is 7.14. The number of Topliss-reactive ketones (excluding diaryl/α,β-unsaturated/α-hetero) is 1. The summed E-state index contributed by atoms with van der Waals surface area (Å²) in [5.74, 6) is 0.333. The van der Waals surface area contributed by atoms with Crippen LogP contribution in [0.1, 0.15) is 21.5 Å². The van der Waals surface area contributed by atoms with Gasteiger partial charge in [0.1, 0.15) is 5.75 Å². The summed E-state index contributed by atoms with van der Waals surface area (Å²) in [6.07, 6.45) is 0.317. The van der Waals surface area contributed by atoms with Gasteiger partial charge in [0, 0.05) is 18.3 Å². The largest absolute Gasteiger partial charge is 0.485 e. The van der Waals surface area contributed by atoms with Gasteiger partial charge >= 0.3 is 0 Å². The summed E-state index contributed by atoms with van der Waals surface area (Å²) in [5.41, 5.74) is 2.70. The molecule has 1 aliphatic heterocycles. The predicted molar refractivity (Wildman–Crippen MR) is 84.5 cm³/mol. The Balaban J connectivity index is 1.71. The van der Waals surface area contributed by atoms with E-state index in [4.69, 9.17) is 10.00 Å². The topological polar surface area (TPSA) is 70.4 Å². The number of amides is 1. The van der Waals surface area contributed by atoms with Gasteiger partial charge in [-0.3, -0.25) is 9.59 Å². The van der Waals surface area contributed by atoms with Gasteiger partial charge < -0.3 is 9.64 Å². The van der Waals surface area contributed by atoms with Crippen molar-refractivity contribution in [2.24, 2.45) is 0 Å². The number of carbonyl (C=O) groups excluding carboxylic acids is 2. The molecular formula is C18H14N2O3. The lowest BCUT2D eigenvalue weighted by molar-refractivity contribution is -0.117. The van der Waals surface area contributed by atoms with Gasteiger partial charge in [0.2, 0.25) is 5.91 Å². The van der Waals surface area contributed by atoms with Crippen molar-refractivity contribution in [1.82, 2.24) is 0 Å². The van der Waals surface area contributed by atoms with Crippen LogP contribution in [0.15, 0.2) is 42.5 Å². The Kier molecular flexibility index (Phi) is 3.82. The molecule has 1 amide bonds. The van der Waals surface area contributed by atoms with Crippen LogP contribution < -0.4 is 9.64 Å². The predicted octanol–water partition coefficient (Wildman–Crippen LogP) is 2.34. The van der Waals surface area contributed by atoms with Crippen molar-refractivity contribution in [2.75, 3.05) is 18.6 Å². The normalized spacial score (nSPS) is 12.7. The fraction of sp³-hybridized carbons (Fsp3) is 0.167. The van der Waals surface area contributed by atoms with Crippen LogP contribution in [-0.4, -0.2) is 25.3 Å². The van der Waals surface area contributed by atoms with E-state index in [-0.39, 0.29) is 18.3 Å². The summed E-state index contributed by atoms with van der Waals surface area (Å²) in [6, 6.07) is 13.9. The molecular weight excluding hydrogens is 292 g/mol. The van der Waals surface area contributed by atoms with E-state index < -0.39 is 0 Å². The molecule has 1 aliphatic rings. The van der Waals surface area contributed by atoms with E-state index in [1.54, 1.807) is 54.4 Å². The number of rotatable bonds is 4. The fourth-order valence-corrected chi connectivity index (χ4v) is 2.53. The van der Waals surface area contributed by atoms with Crippen molar-refractivity contribution in [3.63, 3.8) is 0 Å². The summed E-state index contributed by atoms with van der Waals surface area (Å²) in [6.45, 7) is -0.114. The Morgan fingerprint density at radius 2 is 2.13 bits per heavy atom. The zero-order valence-electron chi connectivity index (χ0n) is 12.6. The molecule has 0 atom stereocenters. The molecule has 2 aromatic rings. The molecule has 0 saturated carbocycles. The van der Waals surface area contributed by atoms with E-state index in [0.29, 0.717) is 23.3 Å². The maximum Gasteiger partial charge on any atom is 0.231 e. The highest BCUT2D eigenvalue weighted by Gasteiger charge is 2.24. The minimum absolute atomic E-state index is 0.0224. The van der Waals surface area contributed by atoms with Crippen LogP contribution in [0.25, 0.3) is 0 Å². The quantitative estimate of drug-likeness (QED) is 0.813. The number of anilines is 1. The van der Waals surface area contributed by atoms with E-state index >= 15 is 0 Å². The molecule has 0 fully saturated rings. The second-order valence-corrected chi connectivity index (χ2v) is 5.32. The van der Waals surface area contributed by atoms with Gasteiger partial charge in [0.25, 0.3) is 0 Å². The van der Waals surface area contributed by atoms with Crippen LogP contribution in [0.5, 0.6) is 5.75 Å². The molecule has 0 radical (unpaired) electrons. The molecule has 5 nitrogen and oxygen atoms in total. The molecule has 5 heteroatoms. The van der Waals surface area contributed by atoms with Gasteiger partial charge in [0.05, 0.1) is 18.1 Å². The Labute approximate surface area is 133 Å². The number of benzene rings is 2. The molecule has 114 valence electrons. The Morgan fingerprint density at radius 3 is 2.91 bits per heavy atom. The highest BCUT2D eigenvalue weighted by molar-refractivity contribution is 6.03. The Bertz CT molecular complexity index is 836. The monoisotopic (exact) mass is 306 g/mol. The van der Waals surface area contributed by atoms with Gasteiger partial charge in [-0.1, -0.05) is 6.07 Å². The van der Waals surface area contributed by atoms with Crippen LogP contribution >= 0.6 is 0 Å². The minimum atomic E-state index is -0.169. The number of ether oxygens (including phenoxy) is 1. The zero-order chi connectivity index (χ0) is 16.4. The number of ketones is 1. The number of nitrogens with zero attached hydrogens (tertiary/aromatic N) is 2. The number of nitriles is 1. The summed E-state index contributed by atoms with van der Waals surface area (Å²) < 4.78 is 5.45. The molecule has 0 N–H and O–H groups in total. The average Bonchev–Trinajstić information content (AvgIpc) is 2.86. The van der Waals surface area contributed by atoms with E-state index in [0.717, 1.165) is 11.3 Å². The lowest BCUT2D eigenvalue weighted by Crippen LogP contribution is -2.20. The molecule has 23 heavy (non-hydrogen) atoms. The van der Waals surface area contributed by atoms with Crippen molar-refractivity contribution in [1.29, 1.82) is 5.26 Å². The maximum atomic E-state index is 12.2. The lowest BCUT2D eigenvalue weighted by Gasteiger charge is -2.10. The summed E-state index contributed by atoms with van der Waals surface area (Å²) in [7, 11) is 1.72. The number of likely N-dealkylation sites (N-methyl/N-ethyl adjacent to an activating group) is 1. The Hall–Kier alpha value is -3.13. The lowest BCUT2D eigenvalue weighted by atomic mass is 10.1. The van der Waals surface area contributed by atoms with Crippen molar-refractivity contribution >= 4 is 17.4 Å². The SMILES string of the molecule is CN1C(=O)Cc2cc(C(=O)COc3cccc(C#N)c3)ccc21. The first-order valence-corrected chi connectivity index (χ1v) is 7.14. The number of hydrogen-bond acceptors (Lipinski definition) is 4. The smallest absolute Gasteiger partial charge is 0.231 e. The van der Waals surface area contributed by atoms with Gasteiger partial charge in [-0.05, 0) is 42.0 Å². The van der Waals surface area contributed by atoms with Crippen LogP contribution in [0, 0.1) is 11.3 Å². The fourth-order valence-electron chi connectivity index (χ4n) is 2.53. The van der Waals surface area contributed by atoms with Gasteiger partial charge in [-0.2, -0.15) is 5.26 Å². The van der Waals surface area contributed by atoms with E-state index in [9.17, 15) is 9.59 Å². The van der Waals surface area contributed by atoms with Gasteiger partial charge in [-0.15, -0.1) is 0 Å².